The minimum Gasteiger partial charge on any atom is -0.506 e. The zero-order valence-corrected chi connectivity index (χ0v) is 17.9. The second-order valence-corrected chi connectivity index (χ2v) is 7.61. The van der Waals surface area contributed by atoms with Gasteiger partial charge in [-0.2, -0.15) is 18.4 Å². The molecule has 0 saturated heterocycles. The number of Topliss-reactive ketones (excluding diaryl/α,β-unsaturated/α-hetero) is 1. The maximum absolute atomic E-state index is 13.5. The molecule has 0 bridgehead atoms. The average molecular weight is 468 g/mol. The number of phenols is 1. The number of aromatic nitrogens is 4. The molecule has 0 saturated carbocycles. The summed E-state index contributed by atoms with van der Waals surface area (Å²) in [5, 5.41) is 23.9. The van der Waals surface area contributed by atoms with Gasteiger partial charge in [-0.15, -0.1) is 10.2 Å². The molecule has 3 aromatic carbocycles. The fourth-order valence-corrected chi connectivity index (χ4v) is 3.51. The van der Waals surface area contributed by atoms with Crippen molar-refractivity contribution < 1.29 is 27.8 Å². The van der Waals surface area contributed by atoms with Gasteiger partial charge in [-0.1, -0.05) is 42.5 Å². The molecule has 1 heterocycles. The number of ketones is 1. The van der Waals surface area contributed by atoms with E-state index in [1.165, 1.54) is 0 Å². The van der Waals surface area contributed by atoms with E-state index in [0.29, 0.717) is 17.8 Å². The number of ether oxygens (including phenoxy) is 1. The summed E-state index contributed by atoms with van der Waals surface area (Å²) in [6, 6.07) is 17.1. The first-order chi connectivity index (χ1) is 16.2. The van der Waals surface area contributed by atoms with Crippen molar-refractivity contribution in [1.82, 2.24) is 20.6 Å². The van der Waals surface area contributed by atoms with Crippen LogP contribution in [0.5, 0.6) is 11.5 Å². The van der Waals surface area contributed by atoms with E-state index in [0.717, 1.165) is 35.7 Å². The number of halogens is 3. The van der Waals surface area contributed by atoms with Crippen LogP contribution in [0.25, 0.3) is 11.4 Å². The highest BCUT2D eigenvalue weighted by Gasteiger charge is 2.39. The summed E-state index contributed by atoms with van der Waals surface area (Å²) in [5.41, 5.74) is 1.73. The molecule has 4 rings (SSSR count). The molecule has 1 aromatic heterocycles. The van der Waals surface area contributed by atoms with Crippen molar-refractivity contribution in [3.63, 3.8) is 0 Å². The second kappa shape index (κ2) is 9.34. The molecule has 0 aliphatic heterocycles. The molecular weight excluding hydrogens is 449 g/mol. The first-order valence-corrected chi connectivity index (χ1v) is 10.2. The number of aromatic amines is 1. The van der Waals surface area contributed by atoms with Crippen molar-refractivity contribution in [1.29, 1.82) is 0 Å². The summed E-state index contributed by atoms with van der Waals surface area (Å²) in [6.07, 6.45) is -4.25. The van der Waals surface area contributed by atoms with Crippen molar-refractivity contribution in [3.05, 3.63) is 88.5 Å². The monoisotopic (exact) mass is 468 g/mol. The Morgan fingerprint density at radius 2 is 1.76 bits per heavy atom. The van der Waals surface area contributed by atoms with Crippen LogP contribution in [0.1, 0.15) is 39.5 Å². The van der Waals surface area contributed by atoms with Crippen LogP contribution >= 0.6 is 0 Å². The Bertz CT molecular complexity index is 1300. The molecule has 0 amide bonds. The number of alkyl halides is 3. The fourth-order valence-electron chi connectivity index (χ4n) is 3.51. The van der Waals surface area contributed by atoms with Crippen LogP contribution in [-0.2, 0) is 19.2 Å². The zero-order chi connectivity index (χ0) is 24.3. The van der Waals surface area contributed by atoms with E-state index in [-0.39, 0.29) is 6.61 Å². The van der Waals surface area contributed by atoms with Gasteiger partial charge in [0.05, 0.1) is 5.56 Å². The number of H-pyrrole nitrogens is 1. The number of rotatable bonds is 7. The highest BCUT2D eigenvalue weighted by molar-refractivity contribution is 5.97. The predicted molar refractivity (Wildman–Crippen MR) is 116 cm³/mol. The van der Waals surface area contributed by atoms with Crippen LogP contribution in [0.15, 0.2) is 60.7 Å². The summed E-state index contributed by atoms with van der Waals surface area (Å²) in [4.78, 5) is 11.5. The summed E-state index contributed by atoms with van der Waals surface area (Å²) in [5.74, 6) is -1.85. The lowest BCUT2D eigenvalue weighted by atomic mass is 10.0. The third-order valence-electron chi connectivity index (χ3n) is 5.16. The number of carbonyl (C=O) groups is 1. The molecule has 0 aliphatic rings. The van der Waals surface area contributed by atoms with E-state index in [1.807, 2.05) is 36.4 Å². The summed E-state index contributed by atoms with van der Waals surface area (Å²) in [6.45, 7) is 0.939. The Kier molecular flexibility index (Phi) is 6.31. The molecule has 2 N–H and O–H groups in total. The lowest BCUT2D eigenvalue weighted by Gasteiger charge is -2.17. The van der Waals surface area contributed by atoms with Crippen LogP contribution in [0, 0.1) is 0 Å². The highest BCUT2D eigenvalue weighted by Crippen LogP contribution is 2.44. The molecule has 10 heteroatoms. The van der Waals surface area contributed by atoms with Gasteiger partial charge in [0.1, 0.15) is 23.7 Å². The van der Waals surface area contributed by atoms with Gasteiger partial charge in [-0.25, -0.2) is 0 Å². The first-order valence-electron chi connectivity index (χ1n) is 10.2. The third kappa shape index (κ3) is 5.06. The third-order valence-corrected chi connectivity index (χ3v) is 5.16. The Morgan fingerprint density at radius 3 is 2.41 bits per heavy atom. The van der Waals surface area contributed by atoms with Gasteiger partial charge in [0.25, 0.3) is 0 Å². The molecule has 0 atom stereocenters. The number of carbonyl (C=O) groups excluding carboxylic acids is 1. The van der Waals surface area contributed by atoms with Crippen LogP contribution in [0.3, 0.4) is 0 Å². The number of aromatic hydroxyl groups is 1. The predicted octanol–water partition coefficient (Wildman–Crippen LogP) is 4.96. The van der Waals surface area contributed by atoms with E-state index in [1.54, 1.807) is 12.1 Å². The van der Waals surface area contributed by atoms with Gasteiger partial charge in [0.2, 0.25) is 5.82 Å². The fraction of sp³-hybridized carbons (Fsp3) is 0.167. The molecule has 0 fully saturated rings. The molecule has 7 nitrogen and oxygen atoms in total. The van der Waals surface area contributed by atoms with Gasteiger partial charge < -0.3 is 9.84 Å². The van der Waals surface area contributed by atoms with Crippen molar-refractivity contribution in [3.8, 4) is 22.9 Å². The molecule has 0 unspecified atom stereocenters. The van der Waals surface area contributed by atoms with E-state index >= 15 is 0 Å². The van der Waals surface area contributed by atoms with E-state index in [2.05, 4.69) is 20.6 Å². The average Bonchev–Trinajstić information content (AvgIpc) is 3.33. The number of phenolic OH excluding ortho intramolecular Hbond substituents is 1. The van der Waals surface area contributed by atoms with E-state index in [4.69, 9.17) is 4.74 Å². The summed E-state index contributed by atoms with van der Waals surface area (Å²) < 4.78 is 45.8. The van der Waals surface area contributed by atoms with Gasteiger partial charge in [-0.05, 0) is 53.4 Å². The van der Waals surface area contributed by atoms with Gasteiger partial charge in [0.15, 0.2) is 5.78 Å². The highest BCUT2D eigenvalue weighted by atomic mass is 19.4. The molecule has 174 valence electrons. The standard InChI is InChI=1S/C24H19F3N4O3/c1-14(32)19-9-10-20(21(22(19)33)24(25,26)27)34-13-16-7-5-15(6-8-16)11-17-3-2-4-18(12-17)23-28-30-31-29-23/h2-10,12,33H,11,13H2,1H3,(H,28,29,30,31). The topological polar surface area (TPSA) is 101 Å². The Morgan fingerprint density at radius 1 is 1.03 bits per heavy atom. The molecule has 34 heavy (non-hydrogen) atoms. The lowest BCUT2D eigenvalue weighted by Crippen LogP contribution is -2.11. The van der Waals surface area contributed by atoms with Crippen molar-refractivity contribution in [2.24, 2.45) is 0 Å². The molecule has 0 radical (unpaired) electrons. The maximum Gasteiger partial charge on any atom is 0.423 e. The van der Waals surface area contributed by atoms with Gasteiger partial charge in [-0.3, -0.25) is 4.79 Å². The lowest BCUT2D eigenvalue weighted by molar-refractivity contribution is -0.140. The zero-order valence-electron chi connectivity index (χ0n) is 17.9. The molecular formula is C24H19F3N4O3. The molecule has 0 spiro atoms. The summed E-state index contributed by atoms with van der Waals surface area (Å²) in [7, 11) is 0. The Hall–Kier alpha value is -4.21. The molecule has 4 aromatic rings. The second-order valence-electron chi connectivity index (χ2n) is 7.61. The Labute approximate surface area is 192 Å². The maximum atomic E-state index is 13.5. The van der Waals surface area contributed by atoms with Crippen molar-refractivity contribution in [2.75, 3.05) is 0 Å². The van der Waals surface area contributed by atoms with Crippen molar-refractivity contribution >= 4 is 5.78 Å². The number of hydrogen-bond donors (Lipinski definition) is 2. The van der Waals surface area contributed by atoms with Crippen molar-refractivity contribution in [2.45, 2.75) is 26.1 Å². The van der Waals surface area contributed by atoms with E-state index < -0.39 is 34.6 Å². The number of tetrazole rings is 1. The normalized spacial score (nSPS) is 11.4. The number of nitrogens with zero attached hydrogens (tertiary/aromatic N) is 3. The minimum absolute atomic E-state index is 0.143. The number of benzene rings is 3. The SMILES string of the molecule is CC(=O)c1ccc(OCc2ccc(Cc3cccc(-c4nn[nH]n4)c3)cc2)c(C(F)(F)F)c1O. The quantitative estimate of drug-likeness (QED) is 0.372. The molecule has 0 aliphatic carbocycles. The number of hydrogen-bond acceptors (Lipinski definition) is 6. The van der Waals surface area contributed by atoms with Crippen LogP contribution in [-0.4, -0.2) is 31.5 Å². The van der Waals surface area contributed by atoms with Gasteiger partial charge >= 0.3 is 6.18 Å². The van der Waals surface area contributed by atoms with Crippen LogP contribution < -0.4 is 4.74 Å². The van der Waals surface area contributed by atoms with Crippen LogP contribution in [0.2, 0.25) is 0 Å². The van der Waals surface area contributed by atoms with Crippen LogP contribution in [0.4, 0.5) is 13.2 Å². The number of nitrogens with one attached hydrogen (secondary N) is 1. The minimum atomic E-state index is -4.88. The first kappa shape index (κ1) is 23.0. The largest absolute Gasteiger partial charge is 0.506 e. The Balaban J connectivity index is 1.47. The van der Waals surface area contributed by atoms with Gasteiger partial charge in [0, 0.05) is 5.56 Å². The van der Waals surface area contributed by atoms with E-state index in [9.17, 15) is 23.1 Å². The smallest absolute Gasteiger partial charge is 0.423 e. The summed E-state index contributed by atoms with van der Waals surface area (Å²) >= 11 is 0.